The Labute approximate surface area is 141 Å². The Morgan fingerprint density at radius 2 is 1.72 bits per heavy atom. The van der Waals surface area contributed by atoms with Crippen LogP contribution in [0.4, 0.5) is 30.2 Å². The molecule has 0 bridgehead atoms. The number of carbonyl (C=O) groups is 1. The van der Waals surface area contributed by atoms with Crippen molar-refractivity contribution in [2.24, 2.45) is 0 Å². The van der Waals surface area contributed by atoms with Crippen molar-refractivity contribution in [3.05, 3.63) is 63.7 Å². The van der Waals surface area contributed by atoms with Crippen LogP contribution in [0.1, 0.15) is 15.9 Å². The molecule has 25 heavy (non-hydrogen) atoms. The number of benzene rings is 2. The quantitative estimate of drug-likeness (QED) is 0.667. The summed E-state index contributed by atoms with van der Waals surface area (Å²) in [7, 11) is 3.20. The lowest BCUT2D eigenvalue weighted by Gasteiger charge is -2.18. The summed E-state index contributed by atoms with van der Waals surface area (Å²) in [5, 5.41) is 12.8. The minimum atomic E-state index is -4.65. The van der Waals surface area contributed by atoms with Crippen molar-refractivity contribution in [2.45, 2.75) is 6.18 Å². The number of nitro groups is 1. The monoisotopic (exact) mass is 353 g/mol. The smallest absolute Gasteiger partial charge is 0.378 e. The first-order valence-electron chi connectivity index (χ1n) is 7.04. The van der Waals surface area contributed by atoms with Crippen LogP contribution in [0.15, 0.2) is 42.5 Å². The lowest BCUT2D eigenvalue weighted by molar-refractivity contribution is -0.384. The highest BCUT2D eigenvalue weighted by molar-refractivity contribution is 6.04. The van der Waals surface area contributed by atoms with Crippen LogP contribution in [-0.2, 0) is 6.18 Å². The first kappa shape index (κ1) is 18.2. The molecule has 0 saturated heterocycles. The Bertz CT molecular complexity index is 803. The summed E-state index contributed by atoms with van der Waals surface area (Å²) < 4.78 is 39.7. The Hall–Kier alpha value is -3.10. The molecule has 0 aliphatic heterocycles. The van der Waals surface area contributed by atoms with Crippen molar-refractivity contribution in [1.29, 1.82) is 0 Å². The van der Waals surface area contributed by atoms with Gasteiger partial charge in [0, 0.05) is 37.5 Å². The van der Waals surface area contributed by atoms with Gasteiger partial charge in [-0.25, -0.2) is 0 Å². The Morgan fingerprint density at radius 3 is 2.20 bits per heavy atom. The Kier molecular flexibility index (Phi) is 4.96. The molecule has 0 fully saturated rings. The summed E-state index contributed by atoms with van der Waals surface area (Å²) in [4.78, 5) is 23.6. The van der Waals surface area contributed by atoms with Crippen LogP contribution in [0.2, 0.25) is 0 Å². The minimum absolute atomic E-state index is 0.00964. The summed E-state index contributed by atoms with van der Waals surface area (Å²) in [5.74, 6) is -0.794. The lowest BCUT2D eigenvalue weighted by atomic mass is 10.1. The van der Waals surface area contributed by atoms with Crippen LogP contribution in [0, 0.1) is 10.1 Å². The predicted octanol–water partition coefficient (Wildman–Crippen LogP) is 3.93. The summed E-state index contributed by atoms with van der Waals surface area (Å²) in [6.07, 6.45) is -4.65. The number of hydrogen-bond donors (Lipinski definition) is 1. The Morgan fingerprint density at radius 1 is 1.12 bits per heavy atom. The minimum Gasteiger partial charge on any atom is -0.378 e. The van der Waals surface area contributed by atoms with Gasteiger partial charge in [-0.15, -0.1) is 0 Å². The highest BCUT2D eigenvalue weighted by atomic mass is 19.4. The van der Waals surface area contributed by atoms with E-state index in [-0.39, 0.29) is 16.9 Å². The molecule has 0 aliphatic carbocycles. The van der Waals surface area contributed by atoms with Crippen LogP contribution >= 0.6 is 0 Å². The maximum absolute atomic E-state index is 13.2. The van der Waals surface area contributed by atoms with Gasteiger partial charge in [0.25, 0.3) is 11.6 Å². The average molecular weight is 353 g/mol. The van der Waals surface area contributed by atoms with Gasteiger partial charge in [-0.1, -0.05) is 0 Å². The number of carbonyl (C=O) groups excluding carboxylic acids is 1. The van der Waals surface area contributed by atoms with Gasteiger partial charge in [-0.2, -0.15) is 13.2 Å². The molecule has 0 aromatic heterocycles. The molecular weight excluding hydrogens is 339 g/mol. The maximum Gasteiger partial charge on any atom is 0.418 e. The van der Waals surface area contributed by atoms with Crippen molar-refractivity contribution in [3.8, 4) is 0 Å². The third-order valence-electron chi connectivity index (χ3n) is 3.41. The summed E-state index contributed by atoms with van der Waals surface area (Å²) in [5.41, 5.74) is -1.24. The van der Waals surface area contributed by atoms with Gasteiger partial charge in [0.2, 0.25) is 0 Å². The van der Waals surface area contributed by atoms with E-state index in [9.17, 15) is 28.1 Å². The van der Waals surface area contributed by atoms with Gasteiger partial charge in [-0.3, -0.25) is 14.9 Å². The molecule has 1 amide bonds. The zero-order valence-corrected chi connectivity index (χ0v) is 13.3. The number of anilines is 2. The van der Waals surface area contributed by atoms with E-state index >= 15 is 0 Å². The van der Waals surface area contributed by atoms with Gasteiger partial charge in [0.15, 0.2) is 0 Å². The molecule has 2 aromatic carbocycles. The fourth-order valence-corrected chi connectivity index (χ4v) is 2.08. The number of amides is 1. The number of rotatable bonds is 4. The van der Waals surface area contributed by atoms with E-state index in [1.807, 2.05) is 0 Å². The molecule has 132 valence electrons. The Balaban J connectivity index is 2.32. The molecule has 0 radical (unpaired) electrons. The van der Waals surface area contributed by atoms with Gasteiger partial charge in [-0.05, 0) is 30.3 Å². The second-order valence-electron chi connectivity index (χ2n) is 5.38. The third kappa shape index (κ3) is 4.25. The molecule has 0 saturated carbocycles. The molecule has 9 heteroatoms. The predicted molar refractivity (Wildman–Crippen MR) is 86.8 cm³/mol. The topological polar surface area (TPSA) is 75.5 Å². The van der Waals surface area contributed by atoms with Gasteiger partial charge in [0.1, 0.15) is 0 Å². The van der Waals surface area contributed by atoms with Crippen LogP contribution in [0.5, 0.6) is 0 Å². The molecule has 0 atom stereocenters. The van der Waals surface area contributed by atoms with E-state index in [0.29, 0.717) is 5.69 Å². The van der Waals surface area contributed by atoms with Gasteiger partial charge in [0.05, 0.1) is 16.2 Å². The second-order valence-corrected chi connectivity index (χ2v) is 5.38. The van der Waals surface area contributed by atoms with E-state index in [4.69, 9.17) is 0 Å². The van der Waals surface area contributed by atoms with Crippen molar-refractivity contribution in [3.63, 3.8) is 0 Å². The fourth-order valence-electron chi connectivity index (χ4n) is 2.08. The van der Waals surface area contributed by atoms with E-state index in [0.717, 1.165) is 18.2 Å². The molecule has 0 spiro atoms. The van der Waals surface area contributed by atoms with Crippen LogP contribution in [0.25, 0.3) is 0 Å². The molecule has 2 rings (SSSR count). The van der Waals surface area contributed by atoms with E-state index in [2.05, 4.69) is 5.32 Å². The van der Waals surface area contributed by atoms with E-state index in [1.165, 1.54) is 29.2 Å². The van der Waals surface area contributed by atoms with Gasteiger partial charge < -0.3 is 10.2 Å². The highest BCUT2D eigenvalue weighted by Gasteiger charge is 2.34. The molecule has 0 heterocycles. The number of nitro benzene ring substituents is 1. The first-order valence-corrected chi connectivity index (χ1v) is 7.04. The zero-order valence-electron chi connectivity index (χ0n) is 13.3. The largest absolute Gasteiger partial charge is 0.418 e. The number of nitrogens with one attached hydrogen (secondary N) is 1. The number of alkyl halides is 3. The second kappa shape index (κ2) is 6.80. The molecule has 1 N–H and O–H groups in total. The first-order chi connectivity index (χ1) is 11.6. The molecular formula is C16H14F3N3O3. The molecule has 2 aromatic rings. The summed E-state index contributed by atoms with van der Waals surface area (Å²) >= 11 is 0. The molecule has 6 nitrogen and oxygen atoms in total. The normalized spacial score (nSPS) is 11.1. The number of nitrogens with zero attached hydrogens (tertiary/aromatic N) is 2. The van der Waals surface area contributed by atoms with E-state index < -0.39 is 22.6 Å². The van der Waals surface area contributed by atoms with Crippen molar-refractivity contribution in [2.75, 3.05) is 24.3 Å². The average Bonchev–Trinajstić information content (AvgIpc) is 2.54. The summed E-state index contributed by atoms with van der Waals surface area (Å²) in [6, 6.07) is 8.11. The lowest BCUT2D eigenvalue weighted by Crippen LogP contribution is -2.18. The van der Waals surface area contributed by atoms with Crippen molar-refractivity contribution < 1.29 is 22.9 Å². The zero-order chi connectivity index (χ0) is 18.8. The highest BCUT2D eigenvalue weighted by Crippen LogP contribution is 2.37. The maximum atomic E-state index is 13.2. The molecule has 0 aliphatic rings. The summed E-state index contributed by atoms with van der Waals surface area (Å²) in [6.45, 7) is 0. The van der Waals surface area contributed by atoms with Crippen LogP contribution in [0.3, 0.4) is 0 Å². The van der Waals surface area contributed by atoms with Gasteiger partial charge >= 0.3 is 6.18 Å². The standard InChI is InChI=1S/C16H14F3N3O3/c1-21(2)12-7-8-14(13(9-12)16(17,18)19)20-15(23)10-3-5-11(6-4-10)22(24)25/h3-9H,1-2H3,(H,20,23). The van der Waals surface area contributed by atoms with Crippen LogP contribution < -0.4 is 10.2 Å². The van der Waals surface area contributed by atoms with Crippen molar-refractivity contribution >= 4 is 23.0 Å². The van der Waals surface area contributed by atoms with Crippen LogP contribution in [-0.4, -0.2) is 24.9 Å². The number of hydrogen-bond acceptors (Lipinski definition) is 4. The fraction of sp³-hybridized carbons (Fsp3) is 0.188. The SMILES string of the molecule is CN(C)c1ccc(NC(=O)c2ccc([N+](=O)[O-])cc2)c(C(F)(F)F)c1. The van der Waals surface area contributed by atoms with Crippen molar-refractivity contribution in [1.82, 2.24) is 0 Å². The number of halogens is 3. The van der Waals surface area contributed by atoms with E-state index in [1.54, 1.807) is 14.1 Å². The molecule has 0 unspecified atom stereocenters. The third-order valence-corrected chi connectivity index (χ3v) is 3.41. The number of non-ortho nitro benzene ring substituents is 1.